The van der Waals surface area contributed by atoms with E-state index >= 15 is 0 Å². The molecule has 0 atom stereocenters. The zero-order chi connectivity index (χ0) is 15.5. The third-order valence-electron chi connectivity index (χ3n) is 3.11. The van der Waals surface area contributed by atoms with Gasteiger partial charge in [0, 0.05) is 4.90 Å². The number of anilines is 1. The van der Waals surface area contributed by atoms with Crippen LogP contribution in [-0.4, -0.2) is 16.6 Å². The van der Waals surface area contributed by atoms with Gasteiger partial charge in [-0.05, 0) is 30.0 Å². The molecule has 1 aromatic heterocycles. The number of nitrogens with one attached hydrogen (secondary N) is 1. The van der Waals surface area contributed by atoms with E-state index in [9.17, 15) is 4.79 Å². The highest BCUT2D eigenvalue weighted by molar-refractivity contribution is 7.99. The molecule has 0 aliphatic heterocycles. The van der Waals surface area contributed by atoms with Crippen molar-refractivity contribution in [3.05, 3.63) is 52.5 Å². The number of aromatic nitrogens is 1. The maximum Gasteiger partial charge on any atom is 0.256 e. The topological polar surface area (TPSA) is 42.0 Å². The maximum absolute atomic E-state index is 12.6. The normalized spacial score (nSPS) is 10.8. The highest BCUT2D eigenvalue weighted by Crippen LogP contribution is 2.32. The molecule has 0 fully saturated rings. The summed E-state index contributed by atoms with van der Waals surface area (Å²) in [6, 6.07) is 11.2. The first-order valence-electron chi connectivity index (χ1n) is 6.75. The Labute approximate surface area is 141 Å². The van der Waals surface area contributed by atoms with Crippen LogP contribution in [0.2, 0.25) is 5.02 Å². The van der Waals surface area contributed by atoms with Gasteiger partial charge in [-0.1, -0.05) is 30.7 Å². The van der Waals surface area contributed by atoms with E-state index in [2.05, 4.69) is 17.2 Å². The zero-order valence-electron chi connectivity index (χ0n) is 11.8. The summed E-state index contributed by atoms with van der Waals surface area (Å²) in [7, 11) is 0. The molecule has 0 radical (unpaired) electrons. The van der Waals surface area contributed by atoms with Gasteiger partial charge < -0.3 is 5.32 Å². The Hall–Kier alpha value is -1.56. The molecule has 0 bridgehead atoms. The Morgan fingerprint density at radius 3 is 2.95 bits per heavy atom. The van der Waals surface area contributed by atoms with Crippen molar-refractivity contribution < 1.29 is 4.79 Å². The third kappa shape index (κ3) is 2.97. The summed E-state index contributed by atoms with van der Waals surface area (Å²) in [5.74, 6) is 0.804. The minimum absolute atomic E-state index is 0.117. The molecule has 0 saturated carbocycles. The Kier molecular flexibility index (Phi) is 4.66. The molecule has 3 nitrogen and oxygen atoms in total. The zero-order valence-corrected chi connectivity index (χ0v) is 14.2. The molecule has 0 unspecified atom stereocenters. The number of thioether (sulfide) groups is 1. The third-order valence-corrected chi connectivity index (χ3v) is 5.23. The first-order valence-corrected chi connectivity index (χ1v) is 9.00. The second kappa shape index (κ2) is 6.69. The van der Waals surface area contributed by atoms with Gasteiger partial charge in [-0.25, -0.2) is 4.98 Å². The van der Waals surface area contributed by atoms with Gasteiger partial charge in [0.2, 0.25) is 0 Å². The first-order chi connectivity index (χ1) is 10.7. The number of amides is 1. The lowest BCUT2D eigenvalue weighted by atomic mass is 10.2. The lowest BCUT2D eigenvalue weighted by Gasteiger charge is -2.10. The van der Waals surface area contributed by atoms with Crippen molar-refractivity contribution in [1.82, 2.24) is 4.98 Å². The van der Waals surface area contributed by atoms with Gasteiger partial charge in [0.25, 0.3) is 5.91 Å². The van der Waals surface area contributed by atoms with Gasteiger partial charge >= 0.3 is 0 Å². The summed E-state index contributed by atoms with van der Waals surface area (Å²) in [6.45, 7) is 2.07. The van der Waals surface area contributed by atoms with E-state index < -0.39 is 0 Å². The van der Waals surface area contributed by atoms with Gasteiger partial charge in [-0.3, -0.25) is 4.79 Å². The molecule has 0 saturated heterocycles. The van der Waals surface area contributed by atoms with E-state index in [-0.39, 0.29) is 5.91 Å². The Balaban J connectivity index is 1.94. The number of fused-ring (bicyclic) bond motifs is 1. The average molecular weight is 349 g/mol. The minimum atomic E-state index is -0.117. The van der Waals surface area contributed by atoms with Crippen molar-refractivity contribution in [1.29, 1.82) is 0 Å². The molecule has 6 heteroatoms. The SMILES string of the molecule is CCSc1ccccc1C(=O)Nc1ccc(Cl)c2ncsc12. The second-order valence-corrected chi connectivity index (χ2v) is 7.08. The van der Waals surface area contributed by atoms with Crippen molar-refractivity contribution in [2.45, 2.75) is 11.8 Å². The van der Waals surface area contributed by atoms with Gasteiger partial charge in [0.15, 0.2) is 0 Å². The quantitative estimate of drug-likeness (QED) is 0.649. The minimum Gasteiger partial charge on any atom is -0.321 e. The summed E-state index contributed by atoms with van der Waals surface area (Å²) >= 11 is 9.24. The smallest absolute Gasteiger partial charge is 0.256 e. The van der Waals surface area contributed by atoms with Crippen molar-refractivity contribution in [3.63, 3.8) is 0 Å². The molecular formula is C16H13ClN2OS2. The predicted octanol–water partition coefficient (Wildman–Crippen LogP) is 5.31. The highest BCUT2D eigenvalue weighted by Gasteiger charge is 2.14. The van der Waals surface area contributed by atoms with Gasteiger partial charge in [0.1, 0.15) is 5.52 Å². The van der Waals surface area contributed by atoms with Crippen LogP contribution in [0.1, 0.15) is 17.3 Å². The molecule has 3 rings (SSSR count). The molecule has 2 aromatic carbocycles. The number of nitrogens with zero attached hydrogens (tertiary/aromatic N) is 1. The van der Waals surface area contributed by atoms with Crippen molar-refractivity contribution in [2.24, 2.45) is 0 Å². The van der Waals surface area contributed by atoms with Crippen LogP contribution in [0.3, 0.4) is 0 Å². The van der Waals surface area contributed by atoms with Crippen LogP contribution in [-0.2, 0) is 0 Å². The number of hydrogen-bond acceptors (Lipinski definition) is 4. The first kappa shape index (κ1) is 15.3. The summed E-state index contributed by atoms with van der Waals surface area (Å²) in [6.07, 6.45) is 0. The number of carbonyl (C=O) groups excluding carboxylic acids is 1. The number of benzene rings is 2. The van der Waals surface area contributed by atoms with E-state index in [1.54, 1.807) is 23.3 Å². The molecular weight excluding hydrogens is 336 g/mol. The van der Waals surface area contributed by atoms with Crippen LogP contribution in [0.25, 0.3) is 10.2 Å². The number of carbonyl (C=O) groups is 1. The monoisotopic (exact) mass is 348 g/mol. The predicted molar refractivity (Wildman–Crippen MR) is 95.4 cm³/mol. The molecule has 0 aliphatic carbocycles. The van der Waals surface area contributed by atoms with Crippen LogP contribution in [0, 0.1) is 0 Å². The van der Waals surface area contributed by atoms with Crippen LogP contribution >= 0.6 is 34.7 Å². The standard InChI is InChI=1S/C16H13ClN2OS2/c1-2-21-13-6-4-3-5-10(13)16(20)19-12-8-7-11(17)14-15(12)22-9-18-14/h3-9H,2H2,1H3,(H,19,20). The molecule has 0 spiro atoms. The Morgan fingerprint density at radius 2 is 2.14 bits per heavy atom. The summed E-state index contributed by atoms with van der Waals surface area (Å²) in [4.78, 5) is 17.8. The molecule has 1 N–H and O–H groups in total. The molecule has 22 heavy (non-hydrogen) atoms. The molecule has 3 aromatic rings. The number of halogens is 1. The van der Waals surface area contributed by atoms with E-state index in [1.807, 2.05) is 30.3 Å². The van der Waals surface area contributed by atoms with E-state index in [0.717, 1.165) is 26.6 Å². The van der Waals surface area contributed by atoms with Crippen molar-refractivity contribution in [3.8, 4) is 0 Å². The number of thiazole rings is 1. The van der Waals surface area contributed by atoms with Crippen LogP contribution in [0.5, 0.6) is 0 Å². The van der Waals surface area contributed by atoms with E-state index in [1.165, 1.54) is 11.3 Å². The highest BCUT2D eigenvalue weighted by atomic mass is 35.5. The maximum atomic E-state index is 12.6. The Bertz CT molecular complexity index is 832. The van der Waals surface area contributed by atoms with Crippen LogP contribution in [0.15, 0.2) is 46.8 Å². The fourth-order valence-electron chi connectivity index (χ4n) is 2.14. The second-order valence-electron chi connectivity index (χ2n) is 4.51. The number of rotatable bonds is 4. The van der Waals surface area contributed by atoms with E-state index in [4.69, 9.17) is 11.6 Å². The fraction of sp³-hybridized carbons (Fsp3) is 0.125. The lowest BCUT2D eigenvalue weighted by Crippen LogP contribution is -2.13. The summed E-state index contributed by atoms with van der Waals surface area (Å²) in [5, 5.41) is 3.57. The van der Waals surface area contributed by atoms with Crippen molar-refractivity contribution >= 4 is 56.5 Å². The van der Waals surface area contributed by atoms with Crippen molar-refractivity contribution in [2.75, 3.05) is 11.1 Å². The van der Waals surface area contributed by atoms with E-state index in [0.29, 0.717) is 10.6 Å². The van der Waals surface area contributed by atoms with Gasteiger partial charge in [0.05, 0.1) is 26.5 Å². The largest absolute Gasteiger partial charge is 0.321 e. The average Bonchev–Trinajstić information content (AvgIpc) is 3.01. The fourth-order valence-corrected chi connectivity index (χ4v) is 3.99. The number of hydrogen-bond donors (Lipinski definition) is 1. The van der Waals surface area contributed by atoms with Gasteiger partial charge in [-0.2, -0.15) is 0 Å². The molecule has 1 amide bonds. The molecule has 0 aliphatic rings. The Morgan fingerprint density at radius 1 is 1.32 bits per heavy atom. The summed E-state index contributed by atoms with van der Waals surface area (Å²) in [5.41, 5.74) is 3.87. The van der Waals surface area contributed by atoms with Crippen LogP contribution < -0.4 is 5.32 Å². The molecule has 1 heterocycles. The van der Waals surface area contributed by atoms with Crippen LogP contribution in [0.4, 0.5) is 5.69 Å². The summed E-state index contributed by atoms with van der Waals surface area (Å²) < 4.78 is 0.890. The lowest BCUT2D eigenvalue weighted by molar-refractivity contribution is 0.102. The van der Waals surface area contributed by atoms with Gasteiger partial charge in [-0.15, -0.1) is 23.1 Å². The molecule has 112 valence electrons.